The van der Waals surface area contributed by atoms with Gasteiger partial charge in [-0.15, -0.1) is 0 Å². The molecular formula is C14H18O3. The second kappa shape index (κ2) is 5.21. The summed E-state index contributed by atoms with van der Waals surface area (Å²) in [5.74, 6) is -0.168. The summed E-state index contributed by atoms with van der Waals surface area (Å²) in [7, 11) is 0. The number of aldehydes is 1. The average Bonchev–Trinajstić information content (AvgIpc) is 2.33. The van der Waals surface area contributed by atoms with Crippen LogP contribution in [0.15, 0.2) is 22.3 Å². The molecule has 0 radical (unpaired) electrons. The predicted octanol–water partition coefficient (Wildman–Crippen LogP) is 2.41. The van der Waals surface area contributed by atoms with Gasteiger partial charge in [-0.3, -0.25) is 9.59 Å². The van der Waals surface area contributed by atoms with Gasteiger partial charge in [0.25, 0.3) is 0 Å². The van der Waals surface area contributed by atoms with Gasteiger partial charge in [-0.25, -0.2) is 0 Å². The maximum Gasteiger partial charge on any atom is 0.185 e. The van der Waals surface area contributed by atoms with E-state index < -0.39 is 0 Å². The molecule has 0 spiro atoms. The van der Waals surface area contributed by atoms with Crippen molar-refractivity contribution in [1.82, 2.24) is 0 Å². The Morgan fingerprint density at radius 1 is 1.00 bits per heavy atom. The number of carbonyl (C=O) groups excluding carboxylic acids is 3. The molecule has 1 atom stereocenters. The van der Waals surface area contributed by atoms with Crippen LogP contribution in [0.5, 0.6) is 0 Å². The first-order chi connectivity index (χ1) is 7.90. The topological polar surface area (TPSA) is 51.2 Å². The highest BCUT2D eigenvalue weighted by Crippen LogP contribution is 2.27. The van der Waals surface area contributed by atoms with Gasteiger partial charge in [-0.2, -0.15) is 0 Å². The zero-order valence-corrected chi connectivity index (χ0v) is 10.8. The quantitative estimate of drug-likeness (QED) is 0.554. The van der Waals surface area contributed by atoms with Crippen molar-refractivity contribution in [2.24, 2.45) is 5.92 Å². The molecule has 1 rings (SSSR count). The first kappa shape index (κ1) is 13.6. The van der Waals surface area contributed by atoms with E-state index in [0.717, 1.165) is 6.29 Å². The number of carbonyl (C=O) groups is 3. The predicted molar refractivity (Wildman–Crippen MR) is 65.6 cm³/mol. The van der Waals surface area contributed by atoms with Gasteiger partial charge in [-0.05, 0) is 33.6 Å². The number of Topliss-reactive ketones (excluding diaryl/α,β-unsaturated/α-hetero) is 2. The van der Waals surface area contributed by atoms with Gasteiger partial charge >= 0.3 is 0 Å². The van der Waals surface area contributed by atoms with Crippen LogP contribution in [0.25, 0.3) is 0 Å². The van der Waals surface area contributed by atoms with Crippen molar-refractivity contribution in [2.45, 2.75) is 40.5 Å². The highest BCUT2D eigenvalue weighted by molar-refractivity contribution is 6.24. The van der Waals surface area contributed by atoms with Crippen LogP contribution in [0, 0.1) is 5.92 Å². The molecule has 1 unspecified atom stereocenters. The minimum atomic E-state index is -0.0782. The molecule has 92 valence electrons. The van der Waals surface area contributed by atoms with Crippen LogP contribution in [0.1, 0.15) is 40.5 Å². The van der Waals surface area contributed by atoms with Crippen LogP contribution >= 0.6 is 0 Å². The van der Waals surface area contributed by atoms with E-state index in [-0.39, 0.29) is 17.5 Å². The normalized spacial score (nSPS) is 18.8. The van der Waals surface area contributed by atoms with E-state index in [0.29, 0.717) is 35.1 Å². The Balaban J connectivity index is 2.95. The summed E-state index contributed by atoms with van der Waals surface area (Å²) >= 11 is 0. The number of allylic oxidation sites excluding steroid dienone is 4. The lowest BCUT2D eigenvalue weighted by atomic mass is 9.83. The molecule has 0 fully saturated rings. The van der Waals surface area contributed by atoms with Gasteiger partial charge in [0.2, 0.25) is 0 Å². The fourth-order valence-electron chi connectivity index (χ4n) is 1.90. The van der Waals surface area contributed by atoms with E-state index in [1.54, 1.807) is 20.8 Å². The third-order valence-electron chi connectivity index (χ3n) is 3.39. The zero-order chi connectivity index (χ0) is 13.2. The molecule has 3 heteroatoms. The molecular weight excluding hydrogens is 216 g/mol. The van der Waals surface area contributed by atoms with Crippen molar-refractivity contribution in [3.8, 4) is 0 Å². The molecule has 0 aromatic heterocycles. The Morgan fingerprint density at radius 2 is 1.53 bits per heavy atom. The third kappa shape index (κ3) is 2.60. The molecule has 0 N–H and O–H groups in total. The van der Waals surface area contributed by atoms with Crippen LogP contribution in [0.3, 0.4) is 0 Å². The SMILES string of the molecule is CC1=C(C)C(=O)C(CCC(C)C=O)=C(C)C1=O. The molecule has 0 heterocycles. The number of hydrogen-bond acceptors (Lipinski definition) is 3. The van der Waals surface area contributed by atoms with Gasteiger partial charge in [0.1, 0.15) is 6.29 Å². The Kier molecular flexibility index (Phi) is 4.16. The number of rotatable bonds is 4. The van der Waals surface area contributed by atoms with E-state index >= 15 is 0 Å². The van der Waals surface area contributed by atoms with Crippen LogP contribution in [0.4, 0.5) is 0 Å². The van der Waals surface area contributed by atoms with E-state index in [9.17, 15) is 14.4 Å². The fourth-order valence-corrected chi connectivity index (χ4v) is 1.90. The maximum absolute atomic E-state index is 12.0. The highest BCUT2D eigenvalue weighted by Gasteiger charge is 2.27. The van der Waals surface area contributed by atoms with Gasteiger partial charge in [0.15, 0.2) is 11.6 Å². The minimum Gasteiger partial charge on any atom is -0.303 e. The molecule has 0 saturated heterocycles. The Hall–Kier alpha value is -1.51. The van der Waals surface area contributed by atoms with Gasteiger partial charge in [-0.1, -0.05) is 6.92 Å². The molecule has 0 aromatic rings. The average molecular weight is 234 g/mol. The van der Waals surface area contributed by atoms with Crippen molar-refractivity contribution < 1.29 is 14.4 Å². The standard InChI is InChI=1S/C14H18O3/c1-8(7-15)5-6-12-11(4)13(16)9(2)10(3)14(12)17/h7-8H,5-6H2,1-4H3. The van der Waals surface area contributed by atoms with Crippen molar-refractivity contribution in [3.63, 3.8) is 0 Å². The molecule has 0 aliphatic heterocycles. The first-order valence-corrected chi connectivity index (χ1v) is 5.82. The van der Waals surface area contributed by atoms with Crippen molar-refractivity contribution in [1.29, 1.82) is 0 Å². The van der Waals surface area contributed by atoms with E-state index in [1.807, 2.05) is 6.92 Å². The lowest BCUT2D eigenvalue weighted by molar-refractivity contribution is -0.116. The number of hydrogen-bond donors (Lipinski definition) is 0. The molecule has 0 saturated carbocycles. The fraction of sp³-hybridized carbons (Fsp3) is 0.500. The molecule has 1 aliphatic rings. The second-order valence-corrected chi connectivity index (χ2v) is 4.66. The third-order valence-corrected chi connectivity index (χ3v) is 3.39. The lowest BCUT2D eigenvalue weighted by Gasteiger charge is -2.18. The molecule has 17 heavy (non-hydrogen) atoms. The van der Waals surface area contributed by atoms with Gasteiger partial charge < -0.3 is 4.79 Å². The molecule has 1 aliphatic carbocycles. The Morgan fingerprint density at radius 3 is 2.06 bits per heavy atom. The molecule has 0 amide bonds. The van der Waals surface area contributed by atoms with Gasteiger partial charge in [0, 0.05) is 28.2 Å². The monoisotopic (exact) mass is 234 g/mol. The Bertz CT molecular complexity index is 438. The van der Waals surface area contributed by atoms with Gasteiger partial charge in [0.05, 0.1) is 0 Å². The van der Waals surface area contributed by atoms with Crippen LogP contribution in [-0.4, -0.2) is 17.9 Å². The summed E-state index contributed by atoms with van der Waals surface area (Å²) in [6.45, 7) is 6.87. The molecule has 0 bridgehead atoms. The Labute approximate surface area is 102 Å². The van der Waals surface area contributed by atoms with E-state index in [2.05, 4.69) is 0 Å². The minimum absolute atomic E-state index is 0.0438. The van der Waals surface area contributed by atoms with Crippen molar-refractivity contribution in [3.05, 3.63) is 22.3 Å². The summed E-state index contributed by atoms with van der Waals surface area (Å²) < 4.78 is 0. The van der Waals surface area contributed by atoms with Crippen LogP contribution < -0.4 is 0 Å². The largest absolute Gasteiger partial charge is 0.303 e. The second-order valence-electron chi connectivity index (χ2n) is 4.66. The molecule has 3 nitrogen and oxygen atoms in total. The van der Waals surface area contributed by atoms with Crippen LogP contribution in [0.2, 0.25) is 0 Å². The van der Waals surface area contributed by atoms with E-state index in [4.69, 9.17) is 0 Å². The zero-order valence-electron chi connectivity index (χ0n) is 10.8. The maximum atomic E-state index is 12.0. The highest BCUT2D eigenvalue weighted by atomic mass is 16.1. The number of ketones is 2. The summed E-state index contributed by atoms with van der Waals surface area (Å²) in [5.41, 5.74) is 2.19. The smallest absolute Gasteiger partial charge is 0.185 e. The summed E-state index contributed by atoms with van der Waals surface area (Å²) in [6.07, 6.45) is 1.99. The van der Waals surface area contributed by atoms with Crippen LogP contribution in [-0.2, 0) is 14.4 Å². The van der Waals surface area contributed by atoms with Crippen molar-refractivity contribution >= 4 is 17.9 Å². The summed E-state index contributed by atoms with van der Waals surface area (Å²) in [6, 6.07) is 0. The van der Waals surface area contributed by atoms with E-state index in [1.165, 1.54) is 0 Å². The summed E-state index contributed by atoms with van der Waals surface area (Å²) in [4.78, 5) is 34.4. The first-order valence-electron chi connectivity index (χ1n) is 5.82. The molecule has 0 aromatic carbocycles. The summed E-state index contributed by atoms with van der Waals surface area (Å²) in [5, 5.41) is 0. The van der Waals surface area contributed by atoms with Crippen molar-refractivity contribution in [2.75, 3.05) is 0 Å². The lowest BCUT2D eigenvalue weighted by Crippen LogP contribution is -2.21.